The number of benzene rings is 3. The Morgan fingerprint density at radius 1 is 0.788 bits per heavy atom. The number of hydrazine groups is 1. The molecule has 3 aromatic rings. The molecule has 4 atom stereocenters. The molecular weight excluding hydrogens is 416 g/mol. The molecule has 0 radical (unpaired) electrons. The Kier molecular flexibility index (Phi) is 6.05. The average molecular weight is 447 g/mol. The third-order valence-corrected chi connectivity index (χ3v) is 6.32. The van der Waals surface area contributed by atoms with E-state index in [9.17, 15) is 0 Å². The van der Waals surface area contributed by atoms with Crippen molar-refractivity contribution in [2.45, 2.75) is 49.8 Å². The van der Waals surface area contributed by atoms with Crippen LogP contribution in [0.4, 0.5) is 0 Å². The van der Waals surface area contributed by atoms with Gasteiger partial charge in [-0.3, -0.25) is 5.84 Å². The fourth-order valence-electron chi connectivity index (χ4n) is 4.93. The van der Waals surface area contributed by atoms with Crippen LogP contribution in [0.25, 0.3) is 0 Å². The normalized spacial score (nSPS) is 26.3. The number of hydrogen-bond acceptors (Lipinski definition) is 6. The number of ether oxygens (including phenoxy) is 4. The number of fused-ring (bicyclic) bond motifs is 1. The van der Waals surface area contributed by atoms with E-state index in [2.05, 4.69) is 41.8 Å². The lowest BCUT2D eigenvalue weighted by Crippen LogP contribution is -2.44. The molecule has 2 aliphatic rings. The van der Waals surface area contributed by atoms with E-state index in [-0.39, 0.29) is 24.9 Å². The predicted octanol–water partition coefficient (Wildman–Crippen LogP) is 3.70. The molecule has 172 valence electrons. The van der Waals surface area contributed by atoms with E-state index in [1.54, 1.807) is 0 Å². The molecule has 2 saturated heterocycles. The van der Waals surface area contributed by atoms with Gasteiger partial charge < -0.3 is 18.9 Å². The molecule has 2 heterocycles. The van der Waals surface area contributed by atoms with Crippen LogP contribution in [0.2, 0.25) is 0 Å². The molecule has 1 unspecified atom stereocenters. The van der Waals surface area contributed by atoms with E-state index in [1.807, 2.05) is 68.4 Å². The van der Waals surface area contributed by atoms with Crippen LogP contribution < -0.4 is 11.3 Å². The summed E-state index contributed by atoms with van der Waals surface area (Å²) < 4.78 is 25.3. The van der Waals surface area contributed by atoms with Crippen molar-refractivity contribution in [3.63, 3.8) is 0 Å². The van der Waals surface area contributed by atoms with Crippen LogP contribution in [0, 0.1) is 0 Å². The van der Waals surface area contributed by atoms with E-state index in [4.69, 9.17) is 24.8 Å². The van der Waals surface area contributed by atoms with Crippen molar-refractivity contribution in [3.8, 4) is 0 Å². The van der Waals surface area contributed by atoms with Crippen molar-refractivity contribution in [1.29, 1.82) is 0 Å². The minimum absolute atomic E-state index is 0.289. The molecule has 0 bridgehead atoms. The Hall–Kier alpha value is -2.58. The molecule has 2 aliphatic heterocycles. The molecule has 5 rings (SSSR count). The van der Waals surface area contributed by atoms with Crippen LogP contribution in [0.15, 0.2) is 91.0 Å². The van der Waals surface area contributed by atoms with Gasteiger partial charge in [-0.15, -0.1) is 0 Å². The molecule has 0 saturated carbocycles. The standard InChI is InChI=1S/C27H30N2O4/c1-26(2)32-23-22(31-25(29-28)24(23)33-26)18-30-27(19-12-6-3-7-13-19,20-14-8-4-9-15-20)21-16-10-5-11-17-21/h3-17,22-25,29H,18,28H2,1-2H3/t22-,23-,24-,25?/m1/s1. The van der Waals surface area contributed by atoms with Crippen molar-refractivity contribution >= 4 is 0 Å². The summed E-state index contributed by atoms with van der Waals surface area (Å²) in [6.45, 7) is 4.09. The average Bonchev–Trinajstić information content (AvgIpc) is 3.34. The smallest absolute Gasteiger partial charge is 0.164 e. The Labute approximate surface area is 194 Å². The van der Waals surface area contributed by atoms with Crippen molar-refractivity contribution in [2.24, 2.45) is 5.84 Å². The molecule has 2 fully saturated rings. The maximum Gasteiger partial charge on any atom is 0.164 e. The quantitative estimate of drug-likeness (QED) is 0.328. The summed E-state index contributed by atoms with van der Waals surface area (Å²) in [5.41, 5.74) is 4.99. The number of nitrogens with one attached hydrogen (secondary N) is 1. The highest BCUT2D eigenvalue weighted by Crippen LogP contribution is 2.43. The summed E-state index contributed by atoms with van der Waals surface area (Å²) in [6.07, 6.45) is -1.42. The van der Waals surface area contributed by atoms with Crippen LogP contribution in [0.1, 0.15) is 30.5 Å². The number of nitrogens with two attached hydrogens (primary N) is 1. The maximum atomic E-state index is 6.91. The van der Waals surface area contributed by atoms with Crippen molar-refractivity contribution in [1.82, 2.24) is 5.43 Å². The fourth-order valence-corrected chi connectivity index (χ4v) is 4.93. The Morgan fingerprint density at radius 2 is 1.24 bits per heavy atom. The van der Waals surface area contributed by atoms with Crippen LogP contribution in [-0.2, 0) is 24.5 Å². The summed E-state index contributed by atoms with van der Waals surface area (Å²) in [4.78, 5) is 0. The van der Waals surface area contributed by atoms with Gasteiger partial charge in [0.25, 0.3) is 0 Å². The van der Waals surface area contributed by atoms with Gasteiger partial charge in [0.1, 0.15) is 30.1 Å². The summed E-state index contributed by atoms with van der Waals surface area (Å²) in [5.74, 6) is 5.04. The number of rotatable bonds is 7. The second-order valence-corrected chi connectivity index (χ2v) is 8.92. The Bertz CT molecular complexity index is 949. The van der Waals surface area contributed by atoms with E-state index < -0.39 is 17.6 Å². The van der Waals surface area contributed by atoms with Gasteiger partial charge >= 0.3 is 0 Å². The second-order valence-electron chi connectivity index (χ2n) is 8.92. The first-order chi connectivity index (χ1) is 16.0. The summed E-state index contributed by atoms with van der Waals surface area (Å²) in [5, 5.41) is 0. The van der Waals surface area contributed by atoms with Crippen LogP contribution in [-0.4, -0.2) is 36.9 Å². The molecule has 0 amide bonds. The minimum atomic E-state index is -0.828. The molecule has 3 N–H and O–H groups in total. The van der Waals surface area contributed by atoms with Gasteiger partial charge in [0, 0.05) is 0 Å². The lowest BCUT2D eigenvalue weighted by Gasteiger charge is -2.37. The van der Waals surface area contributed by atoms with Crippen LogP contribution in [0.3, 0.4) is 0 Å². The monoisotopic (exact) mass is 446 g/mol. The van der Waals surface area contributed by atoms with Crippen molar-refractivity contribution < 1.29 is 18.9 Å². The third-order valence-electron chi connectivity index (χ3n) is 6.32. The molecule has 6 nitrogen and oxygen atoms in total. The zero-order valence-corrected chi connectivity index (χ0v) is 18.9. The van der Waals surface area contributed by atoms with Gasteiger partial charge in [0.15, 0.2) is 5.79 Å². The van der Waals surface area contributed by atoms with E-state index in [0.717, 1.165) is 16.7 Å². The summed E-state index contributed by atoms with van der Waals surface area (Å²) >= 11 is 0. The van der Waals surface area contributed by atoms with Crippen molar-refractivity contribution in [2.75, 3.05) is 6.61 Å². The maximum absolute atomic E-state index is 6.91. The van der Waals surface area contributed by atoms with Gasteiger partial charge in [0.05, 0.1) is 6.61 Å². The molecule has 6 heteroatoms. The first-order valence-electron chi connectivity index (χ1n) is 11.3. The highest BCUT2D eigenvalue weighted by molar-refractivity contribution is 5.47. The lowest BCUT2D eigenvalue weighted by molar-refractivity contribution is -0.198. The van der Waals surface area contributed by atoms with Gasteiger partial charge in [-0.2, -0.15) is 0 Å². The fraction of sp³-hybridized carbons (Fsp3) is 0.333. The topological polar surface area (TPSA) is 75.0 Å². The van der Waals surface area contributed by atoms with Gasteiger partial charge in [-0.25, -0.2) is 5.43 Å². The Balaban J connectivity index is 1.55. The van der Waals surface area contributed by atoms with E-state index in [0.29, 0.717) is 0 Å². The summed E-state index contributed by atoms with van der Waals surface area (Å²) in [6, 6.07) is 30.8. The molecule has 0 spiro atoms. The van der Waals surface area contributed by atoms with Crippen LogP contribution in [0.5, 0.6) is 0 Å². The Morgan fingerprint density at radius 3 is 1.70 bits per heavy atom. The predicted molar refractivity (Wildman–Crippen MR) is 125 cm³/mol. The zero-order chi connectivity index (χ0) is 22.9. The highest BCUT2D eigenvalue weighted by atomic mass is 16.8. The van der Waals surface area contributed by atoms with Crippen LogP contribution >= 0.6 is 0 Å². The minimum Gasteiger partial charge on any atom is -0.358 e. The van der Waals surface area contributed by atoms with Gasteiger partial charge in [-0.05, 0) is 30.5 Å². The first kappa shape index (κ1) is 22.2. The first-order valence-corrected chi connectivity index (χ1v) is 11.3. The third kappa shape index (κ3) is 4.10. The molecule has 0 aliphatic carbocycles. The van der Waals surface area contributed by atoms with Gasteiger partial charge in [-0.1, -0.05) is 91.0 Å². The SMILES string of the molecule is CC1(C)O[C@@H]2[C@@H](COC(c3ccccc3)(c3ccccc3)c3ccccc3)OC(NN)[C@@H]2O1. The largest absolute Gasteiger partial charge is 0.358 e. The lowest BCUT2D eigenvalue weighted by atomic mass is 9.80. The van der Waals surface area contributed by atoms with Crippen molar-refractivity contribution in [3.05, 3.63) is 108 Å². The highest BCUT2D eigenvalue weighted by Gasteiger charge is 2.55. The van der Waals surface area contributed by atoms with E-state index >= 15 is 0 Å². The van der Waals surface area contributed by atoms with E-state index in [1.165, 1.54) is 0 Å². The summed E-state index contributed by atoms with van der Waals surface area (Å²) in [7, 11) is 0. The molecule has 0 aromatic heterocycles. The van der Waals surface area contributed by atoms with Gasteiger partial charge in [0.2, 0.25) is 0 Å². The molecule has 33 heavy (non-hydrogen) atoms. The number of hydrogen-bond donors (Lipinski definition) is 2. The molecular formula is C27H30N2O4. The zero-order valence-electron chi connectivity index (χ0n) is 18.9. The molecule has 3 aromatic carbocycles. The second kappa shape index (κ2) is 8.99.